The van der Waals surface area contributed by atoms with Gasteiger partial charge in [0.2, 0.25) is 5.91 Å². The average Bonchev–Trinajstić information content (AvgIpc) is 3.58. The molecule has 2 fully saturated rings. The molecular formula is C23H30N4O. The van der Waals surface area contributed by atoms with Crippen molar-refractivity contribution in [1.82, 2.24) is 20.3 Å². The number of nitrogens with zero attached hydrogens (tertiary/aromatic N) is 3. The van der Waals surface area contributed by atoms with Crippen LogP contribution in [0, 0.1) is 11.8 Å². The van der Waals surface area contributed by atoms with Crippen LogP contribution < -0.4 is 5.32 Å². The second kappa shape index (κ2) is 8.38. The van der Waals surface area contributed by atoms with Gasteiger partial charge >= 0.3 is 0 Å². The van der Waals surface area contributed by atoms with Crippen molar-refractivity contribution >= 4 is 5.91 Å². The van der Waals surface area contributed by atoms with Crippen molar-refractivity contribution in [2.45, 2.75) is 64.2 Å². The summed E-state index contributed by atoms with van der Waals surface area (Å²) in [6, 6.07) is 5.99. The summed E-state index contributed by atoms with van der Waals surface area (Å²) >= 11 is 0. The lowest BCUT2D eigenvalue weighted by molar-refractivity contribution is -0.122. The summed E-state index contributed by atoms with van der Waals surface area (Å²) in [4.78, 5) is 26.0. The van der Waals surface area contributed by atoms with Gasteiger partial charge < -0.3 is 5.32 Å². The van der Waals surface area contributed by atoms with Crippen LogP contribution in [-0.4, -0.2) is 27.4 Å². The van der Waals surface area contributed by atoms with E-state index in [0.717, 1.165) is 67.8 Å². The third-order valence-electron chi connectivity index (χ3n) is 6.04. The lowest BCUT2D eigenvalue weighted by Gasteiger charge is -2.29. The molecule has 2 heterocycles. The number of pyridine rings is 1. The van der Waals surface area contributed by atoms with Gasteiger partial charge in [0.15, 0.2) is 0 Å². The number of amides is 1. The highest BCUT2D eigenvalue weighted by molar-refractivity contribution is 5.80. The Labute approximate surface area is 167 Å². The van der Waals surface area contributed by atoms with Crippen molar-refractivity contribution in [3.63, 3.8) is 0 Å². The number of carbonyl (C=O) groups excluding carboxylic acids is 1. The minimum absolute atomic E-state index is 0.261. The van der Waals surface area contributed by atoms with Crippen LogP contribution in [0.4, 0.5) is 0 Å². The van der Waals surface area contributed by atoms with Crippen LogP contribution in [0.1, 0.15) is 75.7 Å². The van der Waals surface area contributed by atoms with E-state index in [0.29, 0.717) is 23.7 Å². The molecule has 0 aromatic carbocycles. The molecule has 2 aromatic rings. The van der Waals surface area contributed by atoms with Crippen molar-refractivity contribution in [2.24, 2.45) is 11.8 Å². The van der Waals surface area contributed by atoms with Gasteiger partial charge in [-0.25, -0.2) is 9.97 Å². The Morgan fingerprint density at radius 3 is 2.54 bits per heavy atom. The first-order valence-electron chi connectivity index (χ1n) is 10.7. The molecule has 0 aliphatic heterocycles. The lowest BCUT2D eigenvalue weighted by atomic mass is 9.79. The van der Waals surface area contributed by atoms with Gasteiger partial charge in [-0.2, -0.15) is 0 Å². The number of aromatic nitrogens is 3. The van der Waals surface area contributed by atoms with Gasteiger partial charge in [0.05, 0.1) is 11.4 Å². The molecule has 0 atom stereocenters. The van der Waals surface area contributed by atoms with Crippen molar-refractivity contribution in [1.29, 1.82) is 0 Å². The number of rotatable bonds is 6. The van der Waals surface area contributed by atoms with Crippen LogP contribution in [0.3, 0.4) is 0 Å². The Morgan fingerprint density at radius 1 is 1.11 bits per heavy atom. The zero-order chi connectivity index (χ0) is 19.5. The summed E-state index contributed by atoms with van der Waals surface area (Å²) in [6.45, 7) is 5.11. The van der Waals surface area contributed by atoms with E-state index >= 15 is 0 Å². The molecular weight excluding hydrogens is 348 g/mol. The molecule has 1 amide bonds. The molecule has 2 aliphatic carbocycles. The van der Waals surface area contributed by atoms with E-state index in [1.807, 2.05) is 30.6 Å². The number of hydrogen-bond donors (Lipinski definition) is 1. The van der Waals surface area contributed by atoms with Crippen molar-refractivity contribution in [3.05, 3.63) is 42.1 Å². The Hall–Kier alpha value is -2.30. The van der Waals surface area contributed by atoms with E-state index < -0.39 is 0 Å². The zero-order valence-corrected chi connectivity index (χ0v) is 16.9. The molecule has 0 saturated heterocycles. The summed E-state index contributed by atoms with van der Waals surface area (Å²) in [7, 11) is 0. The topological polar surface area (TPSA) is 67.8 Å². The maximum absolute atomic E-state index is 11.9. The molecule has 5 nitrogen and oxygen atoms in total. The third-order valence-corrected chi connectivity index (χ3v) is 6.04. The highest BCUT2D eigenvalue weighted by atomic mass is 16.2. The van der Waals surface area contributed by atoms with Crippen LogP contribution in [0.15, 0.2) is 30.6 Å². The highest BCUT2D eigenvalue weighted by Gasteiger charge is 2.31. The molecule has 0 bridgehead atoms. The molecule has 28 heavy (non-hydrogen) atoms. The monoisotopic (exact) mass is 378 g/mol. The first-order chi connectivity index (χ1) is 13.6. The van der Waals surface area contributed by atoms with Gasteiger partial charge in [-0.3, -0.25) is 9.78 Å². The zero-order valence-electron chi connectivity index (χ0n) is 16.9. The van der Waals surface area contributed by atoms with E-state index in [1.165, 1.54) is 0 Å². The Balaban J connectivity index is 1.47. The van der Waals surface area contributed by atoms with E-state index in [2.05, 4.69) is 29.1 Å². The second-order valence-electron chi connectivity index (χ2n) is 8.63. The number of nitrogens with one attached hydrogen (secondary N) is 1. The minimum Gasteiger partial charge on any atom is -0.356 e. The van der Waals surface area contributed by atoms with Gasteiger partial charge in [0.25, 0.3) is 0 Å². The van der Waals surface area contributed by atoms with Gasteiger partial charge in [-0.05, 0) is 56.6 Å². The normalized spacial score (nSPS) is 22.2. The van der Waals surface area contributed by atoms with Crippen LogP contribution >= 0.6 is 0 Å². The first-order valence-corrected chi connectivity index (χ1v) is 10.7. The Morgan fingerprint density at radius 2 is 1.89 bits per heavy atom. The van der Waals surface area contributed by atoms with Crippen molar-refractivity contribution in [2.75, 3.05) is 6.54 Å². The second-order valence-corrected chi connectivity index (χ2v) is 8.63. The van der Waals surface area contributed by atoms with E-state index in [4.69, 9.17) is 4.98 Å². The van der Waals surface area contributed by atoms with Gasteiger partial charge in [-0.1, -0.05) is 19.9 Å². The SMILES string of the molecule is CC(C)c1ncc(-c2ccccn2)c(C2CCC(CNC(=O)C3CC3)CC2)n1. The highest BCUT2D eigenvalue weighted by Crippen LogP contribution is 2.39. The predicted octanol–water partition coefficient (Wildman–Crippen LogP) is 4.46. The fourth-order valence-corrected chi connectivity index (χ4v) is 4.09. The summed E-state index contributed by atoms with van der Waals surface area (Å²) in [5.41, 5.74) is 3.17. The first kappa shape index (κ1) is 19.0. The third kappa shape index (κ3) is 4.40. The molecule has 2 saturated carbocycles. The fraction of sp³-hybridized carbons (Fsp3) is 0.565. The molecule has 1 N–H and O–H groups in total. The van der Waals surface area contributed by atoms with Gasteiger partial charge in [0, 0.05) is 42.3 Å². The fourth-order valence-electron chi connectivity index (χ4n) is 4.09. The van der Waals surface area contributed by atoms with Crippen LogP contribution in [0.25, 0.3) is 11.3 Å². The Kier molecular flexibility index (Phi) is 5.69. The molecule has 5 heteroatoms. The van der Waals surface area contributed by atoms with Crippen molar-refractivity contribution in [3.8, 4) is 11.3 Å². The largest absolute Gasteiger partial charge is 0.356 e. The molecule has 2 aliphatic rings. The van der Waals surface area contributed by atoms with Crippen molar-refractivity contribution < 1.29 is 4.79 Å². The average molecular weight is 379 g/mol. The number of carbonyl (C=O) groups is 1. The van der Waals surface area contributed by atoms with Crippen LogP contribution in [0.5, 0.6) is 0 Å². The van der Waals surface area contributed by atoms with Gasteiger partial charge in [-0.15, -0.1) is 0 Å². The number of hydrogen-bond acceptors (Lipinski definition) is 4. The molecule has 0 spiro atoms. The maximum atomic E-state index is 11.9. The predicted molar refractivity (Wildman–Crippen MR) is 110 cm³/mol. The molecule has 4 rings (SSSR count). The lowest BCUT2D eigenvalue weighted by Crippen LogP contribution is -2.32. The summed E-state index contributed by atoms with van der Waals surface area (Å²) in [6.07, 6.45) is 10.4. The molecule has 148 valence electrons. The standard InChI is InChI=1S/C23H30N4O/c1-15(2)22-25-14-19(20-5-3-4-12-24-20)21(27-22)17-8-6-16(7-9-17)13-26-23(28)18-10-11-18/h3-5,12,14-18H,6-11,13H2,1-2H3,(H,26,28). The van der Waals surface area contributed by atoms with E-state index in [-0.39, 0.29) is 5.91 Å². The smallest absolute Gasteiger partial charge is 0.223 e. The summed E-state index contributed by atoms with van der Waals surface area (Å²) in [5, 5.41) is 3.16. The van der Waals surface area contributed by atoms with Gasteiger partial charge in [0.1, 0.15) is 5.82 Å². The van der Waals surface area contributed by atoms with E-state index in [1.54, 1.807) is 0 Å². The molecule has 0 unspecified atom stereocenters. The summed E-state index contributed by atoms with van der Waals surface area (Å²) < 4.78 is 0. The minimum atomic E-state index is 0.261. The quantitative estimate of drug-likeness (QED) is 0.806. The molecule has 0 radical (unpaired) electrons. The van der Waals surface area contributed by atoms with Crippen LogP contribution in [-0.2, 0) is 4.79 Å². The van der Waals surface area contributed by atoms with Crippen LogP contribution in [0.2, 0.25) is 0 Å². The maximum Gasteiger partial charge on any atom is 0.223 e. The molecule has 2 aromatic heterocycles. The van der Waals surface area contributed by atoms with E-state index in [9.17, 15) is 4.79 Å². The summed E-state index contributed by atoms with van der Waals surface area (Å²) in [5.74, 6) is 2.81. The Bertz CT molecular complexity index is 809.